The summed E-state index contributed by atoms with van der Waals surface area (Å²) in [6.07, 6.45) is -4.66. The van der Waals surface area contributed by atoms with Crippen LogP contribution in [0.2, 0.25) is 0 Å². The molecule has 0 amide bonds. The van der Waals surface area contributed by atoms with E-state index in [1.54, 1.807) is 25.4 Å². The third kappa shape index (κ3) is 8.13. The lowest BCUT2D eigenvalue weighted by atomic mass is 9.79. The number of hydrogen-bond donors (Lipinski definition) is 3. The number of methoxy groups -OCH3 is 1. The van der Waals surface area contributed by atoms with Gasteiger partial charge in [0.1, 0.15) is 16.3 Å². The third-order valence-electron chi connectivity index (χ3n) is 6.24. The number of aliphatic carboxylic acids is 2. The van der Waals surface area contributed by atoms with Crippen molar-refractivity contribution in [2.75, 3.05) is 12.4 Å². The van der Waals surface area contributed by atoms with E-state index >= 15 is 0 Å². The number of halogens is 6. The highest BCUT2D eigenvalue weighted by molar-refractivity contribution is 7.15. The molecule has 1 saturated carbocycles. The zero-order chi connectivity index (χ0) is 30.6. The van der Waals surface area contributed by atoms with Crippen molar-refractivity contribution in [3.8, 4) is 10.4 Å². The van der Waals surface area contributed by atoms with Gasteiger partial charge in [-0.25, -0.2) is 19.7 Å². The van der Waals surface area contributed by atoms with Crippen molar-refractivity contribution in [2.24, 2.45) is 5.92 Å². The molecule has 1 aliphatic rings. The van der Waals surface area contributed by atoms with E-state index in [-0.39, 0.29) is 11.9 Å². The van der Waals surface area contributed by atoms with Gasteiger partial charge in [-0.3, -0.25) is 4.79 Å². The molecular formula is C25H24F6N4O5S. The number of alkyl halides is 6. The van der Waals surface area contributed by atoms with Crippen LogP contribution >= 0.6 is 11.3 Å². The van der Waals surface area contributed by atoms with Crippen LogP contribution in [0.5, 0.6) is 0 Å². The predicted molar refractivity (Wildman–Crippen MR) is 135 cm³/mol. The molecule has 0 aliphatic heterocycles. The lowest BCUT2D eigenvalue weighted by molar-refractivity contribution is -0.192. The van der Waals surface area contributed by atoms with Crippen molar-refractivity contribution in [2.45, 2.75) is 50.6 Å². The van der Waals surface area contributed by atoms with Crippen molar-refractivity contribution in [1.82, 2.24) is 15.0 Å². The molecule has 1 aliphatic carbocycles. The maximum absolute atomic E-state index is 13.0. The number of hydrogen-bond acceptors (Lipinski definition) is 8. The smallest absolute Gasteiger partial charge is 0.481 e. The van der Waals surface area contributed by atoms with Crippen LogP contribution < -0.4 is 5.32 Å². The number of nitrogens with one attached hydrogen (secondary N) is 1. The number of benzene rings is 1. The third-order valence-corrected chi connectivity index (χ3v) is 7.47. The van der Waals surface area contributed by atoms with Crippen LogP contribution in [0.3, 0.4) is 0 Å². The zero-order valence-electron chi connectivity index (χ0n) is 21.5. The number of thiazole rings is 1. The van der Waals surface area contributed by atoms with Crippen LogP contribution in [0.4, 0.5) is 38.0 Å². The zero-order valence-corrected chi connectivity index (χ0v) is 22.3. The normalized spacial score (nSPS) is 19.2. The number of carbonyl (C=O) groups is 2. The Morgan fingerprint density at radius 2 is 1.71 bits per heavy atom. The van der Waals surface area contributed by atoms with Gasteiger partial charge in [0.2, 0.25) is 5.95 Å². The molecule has 9 nitrogen and oxygen atoms in total. The number of ether oxygens (including phenoxy) is 1. The van der Waals surface area contributed by atoms with E-state index in [1.807, 2.05) is 13.0 Å². The van der Waals surface area contributed by atoms with Gasteiger partial charge in [0.15, 0.2) is 0 Å². The number of carboxylic acid groups (broad SMARTS) is 2. The molecule has 0 bridgehead atoms. The Kier molecular flexibility index (Phi) is 9.58. The lowest BCUT2D eigenvalue weighted by Gasteiger charge is -2.36. The largest absolute Gasteiger partial charge is 0.490 e. The summed E-state index contributed by atoms with van der Waals surface area (Å²) in [6.45, 7) is 1.88. The molecule has 2 aromatic heterocycles. The van der Waals surface area contributed by atoms with E-state index in [2.05, 4.69) is 20.3 Å². The first-order valence-electron chi connectivity index (χ1n) is 11.9. The highest BCUT2D eigenvalue weighted by Crippen LogP contribution is 2.45. The van der Waals surface area contributed by atoms with Gasteiger partial charge in [-0.2, -0.15) is 26.3 Å². The van der Waals surface area contributed by atoms with Gasteiger partial charge in [-0.05, 0) is 61.9 Å². The molecule has 0 saturated heterocycles. The molecule has 4 rings (SSSR count). The number of nitrogens with zero attached hydrogens (tertiary/aromatic N) is 3. The van der Waals surface area contributed by atoms with E-state index in [0.717, 1.165) is 33.3 Å². The fourth-order valence-electron chi connectivity index (χ4n) is 4.16. The van der Waals surface area contributed by atoms with Crippen molar-refractivity contribution in [3.05, 3.63) is 52.9 Å². The molecule has 41 heavy (non-hydrogen) atoms. The molecule has 3 N–H and O–H groups in total. The lowest BCUT2D eigenvalue weighted by Crippen LogP contribution is -2.35. The van der Waals surface area contributed by atoms with Gasteiger partial charge in [0.05, 0.1) is 10.8 Å². The molecule has 0 radical (unpaired) electrons. The average molecular weight is 607 g/mol. The van der Waals surface area contributed by atoms with E-state index in [4.69, 9.17) is 14.6 Å². The summed E-state index contributed by atoms with van der Waals surface area (Å²) in [4.78, 5) is 33.1. The molecule has 1 fully saturated rings. The minimum Gasteiger partial charge on any atom is -0.481 e. The number of aromatic nitrogens is 3. The monoisotopic (exact) mass is 606 g/mol. The second-order valence-electron chi connectivity index (χ2n) is 9.12. The summed E-state index contributed by atoms with van der Waals surface area (Å²) >= 11 is 1.46. The van der Waals surface area contributed by atoms with Crippen LogP contribution in [0.15, 0.2) is 36.7 Å². The first kappa shape index (κ1) is 31.7. The molecule has 3 aromatic rings. The molecule has 0 atom stereocenters. The summed E-state index contributed by atoms with van der Waals surface area (Å²) in [6, 6.07) is 6.37. The Hall–Kier alpha value is -3.79. The first-order chi connectivity index (χ1) is 19.0. The minimum atomic E-state index is -5.08. The van der Waals surface area contributed by atoms with Crippen molar-refractivity contribution < 1.29 is 50.9 Å². The predicted octanol–water partition coefficient (Wildman–Crippen LogP) is 6.42. The highest BCUT2D eigenvalue weighted by atomic mass is 32.1. The van der Waals surface area contributed by atoms with E-state index in [9.17, 15) is 36.2 Å². The summed E-state index contributed by atoms with van der Waals surface area (Å²) in [5.41, 5.74) is 0.639. The van der Waals surface area contributed by atoms with E-state index in [0.29, 0.717) is 31.4 Å². The molecule has 0 spiro atoms. The quantitative estimate of drug-likeness (QED) is 0.272. The van der Waals surface area contributed by atoms with Crippen LogP contribution in [-0.2, 0) is 26.1 Å². The maximum Gasteiger partial charge on any atom is 0.490 e. The number of anilines is 2. The van der Waals surface area contributed by atoms with E-state index in [1.165, 1.54) is 11.3 Å². The molecular weight excluding hydrogens is 582 g/mol. The highest BCUT2D eigenvalue weighted by Gasteiger charge is 2.41. The fraction of sp³-hybridized carbons (Fsp3) is 0.400. The molecule has 222 valence electrons. The van der Waals surface area contributed by atoms with Gasteiger partial charge in [-0.1, -0.05) is 6.07 Å². The summed E-state index contributed by atoms with van der Waals surface area (Å²) in [7, 11) is 1.62. The molecule has 0 unspecified atom stereocenters. The maximum atomic E-state index is 13.0. The Labute approximate surface area is 233 Å². The van der Waals surface area contributed by atoms with Crippen molar-refractivity contribution in [3.63, 3.8) is 0 Å². The summed E-state index contributed by atoms with van der Waals surface area (Å²) in [5, 5.41) is 20.1. The van der Waals surface area contributed by atoms with Gasteiger partial charge >= 0.3 is 24.3 Å². The number of aryl methyl sites for hydroxylation is 1. The fourth-order valence-corrected chi connectivity index (χ4v) is 5.29. The molecule has 1 aromatic carbocycles. The van der Waals surface area contributed by atoms with Gasteiger partial charge in [0.25, 0.3) is 0 Å². The van der Waals surface area contributed by atoms with Crippen molar-refractivity contribution in [1.29, 1.82) is 0 Å². The Bertz CT molecular complexity index is 1390. The Morgan fingerprint density at radius 1 is 1.07 bits per heavy atom. The van der Waals surface area contributed by atoms with E-state index < -0.39 is 35.6 Å². The van der Waals surface area contributed by atoms with Gasteiger partial charge < -0.3 is 20.3 Å². The molecule has 2 heterocycles. The Balaban J connectivity index is 0.000000587. The van der Waals surface area contributed by atoms with Crippen LogP contribution in [0.25, 0.3) is 10.4 Å². The molecule has 16 heteroatoms. The van der Waals surface area contributed by atoms with Crippen LogP contribution in [-0.4, -0.2) is 50.4 Å². The van der Waals surface area contributed by atoms with Crippen LogP contribution in [0.1, 0.15) is 41.9 Å². The Morgan fingerprint density at radius 3 is 2.24 bits per heavy atom. The second-order valence-corrected chi connectivity index (χ2v) is 10.2. The summed E-state index contributed by atoms with van der Waals surface area (Å²) < 4.78 is 76.5. The second kappa shape index (κ2) is 12.4. The summed E-state index contributed by atoms with van der Waals surface area (Å²) in [5.74, 6) is -4.06. The topological polar surface area (TPSA) is 135 Å². The number of carboxylic acids is 2. The average Bonchev–Trinajstić information content (AvgIpc) is 3.39. The van der Waals surface area contributed by atoms with Gasteiger partial charge in [0, 0.05) is 25.2 Å². The van der Waals surface area contributed by atoms with Crippen LogP contribution in [0, 0.1) is 12.8 Å². The SMILES string of the molecule is CO[C@]1(c2ncc(-c3cc(C)cc(Nc4nccc(C(F)(F)F)n4)c3)s2)CC[C@H](C(=O)O)CC1.O=C(O)C(F)(F)F. The van der Waals surface area contributed by atoms with Crippen molar-refractivity contribution >= 4 is 34.9 Å². The number of rotatable bonds is 6. The standard InChI is InChI=1S/C23H23F3N4O3S.C2HF3O2/c1-13-9-15(11-16(10-13)29-21-27-8-5-18(30-21)23(24,25)26)17-12-28-20(34-17)22(33-2)6-3-14(4-7-22)19(31)32;3-2(4,5)1(6)7/h5,8-12,14H,3-4,6-7H2,1-2H3,(H,31,32)(H,27,29,30);(H,6,7)/t14-,22+;. The van der Waals surface area contributed by atoms with Gasteiger partial charge in [-0.15, -0.1) is 11.3 Å². The first-order valence-corrected chi connectivity index (χ1v) is 12.7. The minimum absolute atomic E-state index is 0.148.